The van der Waals surface area contributed by atoms with Gasteiger partial charge in [-0.3, -0.25) is 9.59 Å². The summed E-state index contributed by atoms with van der Waals surface area (Å²) in [4.78, 5) is 36.3. The summed E-state index contributed by atoms with van der Waals surface area (Å²) in [7, 11) is 2.39. The number of ketones is 1. The highest BCUT2D eigenvalue weighted by Gasteiger charge is 2.34. The standard InChI is InChI=1S/C18H14O6/c1-23-13(19)8-9-7-12-10-5-3-4-6-11(10)16(20)15(12)17(21)14(9)18(22)24-2/h3-7,21H,8H2,1-2H3. The molecule has 0 atom stereocenters. The maximum atomic E-state index is 12.6. The molecule has 2 aromatic carbocycles. The zero-order valence-electron chi connectivity index (χ0n) is 13.1. The van der Waals surface area contributed by atoms with Crippen molar-refractivity contribution in [1.82, 2.24) is 0 Å². The predicted molar refractivity (Wildman–Crippen MR) is 84.0 cm³/mol. The Morgan fingerprint density at radius 2 is 1.71 bits per heavy atom. The first-order valence-corrected chi connectivity index (χ1v) is 7.17. The van der Waals surface area contributed by atoms with Gasteiger partial charge in [0.15, 0.2) is 5.78 Å². The number of methoxy groups -OCH3 is 2. The number of benzene rings is 2. The van der Waals surface area contributed by atoms with E-state index < -0.39 is 17.7 Å². The lowest BCUT2D eigenvalue weighted by Crippen LogP contribution is -2.13. The highest BCUT2D eigenvalue weighted by molar-refractivity contribution is 6.24. The Kier molecular flexibility index (Phi) is 3.81. The van der Waals surface area contributed by atoms with E-state index in [1.807, 2.05) is 0 Å². The molecule has 0 radical (unpaired) electrons. The third kappa shape index (κ3) is 2.23. The molecular weight excluding hydrogens is 312 g/mol. The number of carbonyl (C=O) groups is 3. The Morgan fingerprint density at radius 3 is 2.33 bits per heavy atom. The van der Waals surface area contributed by atoms with E-state index in [1.165, 1.54) is 7.11 Å². The minimum absolute atomic E-state index is 0.0465. The third-order valence-corrected chi connectivity index (χ3v) is 4.02. The molecule has 2 aromatic rings. The number of fused-ring (bicyclic) bond motifs is 3. The average molecular weight is 326 g/mol. The largest absolute Gasteiger partial charge is 0.506 e. The van der Waals surface area contributed by atoms with Crippen LogP contribution in [-0.2, 0) is 20.7 Å². The lowest BCUT2D eigenvalue weighted by atomic mass is 9.94. The molecule has 1 aliphatic rings. The molecule has 0 heterocycles. The molecule has 0 bridgehead atoms. The normalized spacial score (nSPS) is 11.7. The first kappa shape index (κ1) is 15.7. The molecule has 6 heteroatoms. The van der Waals surface area contributed by atoms with E-state index in [9.17, 15) is 19.5 Å². The molecule has 24 heavy (non-hydrogen) atoms. The lowest BCUT2D eigenvalue weighted by Gasteiger charge is -2.13. The van der Waals surface area contributed by atoms with Gasteiger partial charge >= 0.3 is 11.9 Å². The highest BCUT2D eigenvalue weighted by Crippen LogP contribution is 2.44. The molecule has 0 amide bonds. The Hall–Kier alpha value is -3.15. The van der Waals surface area contributed by atoms with Crippen molar-refractivity contribution in [2.45, 2.75) is 6.42 Å². The fourth-order valence-electron chi connectivity index (χ4n) is 2.91. The van der Waals surface area contributed by atoms with Crippen LogP contribution >= 0.6 is 0 Å². The Morgan fingerprint density at radius 1 is 1.04 bits per heavy atom. The fraction of sp³-hybridized carbons (Fsp3) is 0.167. The van der Waals surface area contributed by atoms with Gasteiger partial charge in [-0.25, -0.2) is 4.79 Å². The molecule has 0 aliphatic heterocycles. The Bertz CT molecular complexity index is 881. The van der Waals surface area contributed by atoms with E-state index in [0.29, 0.717) is 16.7 Å². The van der Waals surface area contributed by atoms with Crippen molar-refractivity contribution in [3.63, 3.8) is 0 Å². The summed E-state index contributed by atoms with van der Waals surface area (Å²) >= 11 is 0. The molecule has 0 fully saturated rings. The van der Waals surface area contributed by atoms with Crippen molar-refractivity contribution in [1.29, 1.82) is 0 Å². The maximum absolute atomic E-state index is 12.6. The second-order valence-corrected chi connectivity index (χ2v) is 5.30. The number of carbonyl (C=O) groups excluding carboxylic acids is 3. The van der Waals surface area contributed by atoms with Crippen molar-refractivity contribution in [3.8, 4) is 16.9 Å². The number of esters is 2. The molecule has 3 rings (SSSR count). The van der Waals surface area contributed by atoms with Crippen LogP contribution in [0.3, 0.4) is 0 Å². The van der Waals surface area contributed by atoms with Crippen molar-refractivity contribution in [3.05, 3.63) is 52.6 Å². The zero-order valence-corrected chi connectivity index (χ0v) is 13.1. The van der Waals surface area contributed by atoms with Crippen molar-refractivity contribution in [2.75, 3.05) is 14.2 Å². The summed E-state index contributed by atoms with van der Waals surface area (Å²) in [5, 5.41) is 10.5. The van der Waals surface area contributed by atoms with Gasteiger partial charge in [0, 0.05) is 5.56 Å². The van der Waals surface area contributed by atoms with E-state index >= 15 is 0 Å². The molecule has 6 nitrogen and oxygen atoms in total. The smallest absolute Gasteiger partial charge is 0.341 e. The molecule has 122 valence electrons. The topological polar surface area (TPSA) is 89.9 Å². The van der Waals surface area contributed by atoms with Gasteiger partial charge in [0.1, 0.15) is 11.3 Å². The quantitative estimate of drug-likeness (QED) is 0.741. The second-order valence-electron chi connectivity index (χ2n) is 5.30. The number of phenols is 1. The van der Waals surface area contributed by atoms with Gasteiger partial charge in [-0.05, 0) is 22.8 Å². The summed E-state index contributed by atoms with van der Waals surface area (Å²) in [6, 6.07) is 8.44. The average Bonchev–Trinajstić information content (AvgIpc) is 2.87. The van der Waals surface area contributed by atoms with Crippen LogP contribution in [0.1, 0.15) is 31.8 Å². The Balaban J connectivity index is 2.29. The van der Waals surface area contributed by atoms with Crippen LogP contribution in [0.2, 0.25) is 0 Å². The van der Waals surface area contributed by atoms with Crippen molar-refractivity contribution in [2.24, 2.45) is 0 Å². The first-order chi connectivity index (χ1) is 11.5. The molecule has 0 unspecified atom stereocenters. The van der Waals surface area contributed by atoms with Crippen LogP contribution < -0.4 is 0 Å². The van der Waals surface area contributed by atoms with Crippen LogP contribution in [0.5, 0.6) is 5.75 Å². The van der Waals surface area contributed by atoms with E-state index in [4.69, 9.17) is 0 Å². The molecule has 0 aromatic heterocycles. The Labute approximate surface area is 137 Å². The summed E-state index contributed by atoms with van der Waals surface area (Å²) in [6.07, 6.45) is -0.224. The van der Waals surface area contributed by atoms with E-state index in [1.54, 1.807) is 30.3 Å². The van der Waals surface area contributed by atoms with Gasteiger partial charge in [-0.2, -0.15) is 0 Å². The summed E-state index contributed by atoms with van der Waals surface area (Å²) in [5.74, 6) is -2.23. The summed E-state index contributed by atoms with van der Waals surface area (Å²) in [6.45, 7) is 0. The van der Waals surface area contributed by atoms with Gasteiger partial charge in [0.05, 0.1) is 26.2 Å². The van der Waals surface area contributed by atoms with Crippen LogP contribution in [0.25, 0.3) is 11.1 Å². The second kappa shape index (κ2) is 5.81. The number of ether oxygens (including phenoxy) is 2. The minimum Gasteiger partial charge on any atom is -0.506 e. The van der Waals surface area contributed by atoms with Gasteiger partial charge in [0.2, 0.25) is 0 Å². The molecule has 1 aliphatic carbocycles. The molecule has 1 N–H and O–H groups in total. The van der Waals surface area contributed by atoms with Gasteiger partial charge < -0.3 is 14.6 Å². The molecular formula is C18H14O6. The number of hydrogen-bond acceptors (Lipinski definition) is 6. The molecule has 0 spiro atoms. The van der Waals surface area contributed by atoms with Gasteiger partial charge in [0.25, 0.3) is 0 Å². The maximum Gasteiger partial charge on any atom is 0.341 e. The van der Waals surface area contributed by atoms with E-state index in [2.05, 4.69) is 9.47 Å². The van der Waals surface area contributed by atoms with Gasteiger partial charge in [-0.1, -0.05) is 24.3 Å². The summed E-state index contributed by atoms with van der Waals surface area (Å²) < 4.78 is 9.32. The zero-order chi connectivity index (χ0) is 17.4. The van der Waals surface area contributed by atoms with Crippen LogP contribution in [0, 0.1) is 0 Å². The number of hydrogen-bond donors (Lipinski definition) is 1. The van der Waals surface area contributed by atoms with Crippen LogP contribution in [0.4, 0.5) is 0 Å². The number of phenolic OH excluding ortho intramolecular Hbond substituents is 1. The van der Waals surface area contributed by atoms with Crippen LogP contribution in [-0.4, -0.2) is 37.0 Å². The molecule has 0 saturated carbocycles. The van der Waals surface area contributed by atoms with Gasteiger partial charge in [-0.15, -0.1) is 0 Å². The summed E-state index contributed by atoms with van der Waals surface area (Å²) in [5.41, 5.74) is 1.67. The number of rotatable bonds is 3. The van der Waals surface area contributed by atoms with E-state index in [-0.39, 0.29) is 28.9 Å². The first-order valence-electron chi connectivity index (χ1n) is 7.17. The molecule has 0 saturated heterocycles. The number of aromatic hydroxyl groups is 1. The highest BCUT2D eigenvalue weighted by atomic mass is 16.5. The van der Waals surface area contributed by atoms with E-state index in [0.717, 1.165) is 7.11 Å². The third-order valence-electron chi connectivity index (χ3n) is 4.02. The minimum atomic E-state index is -0.821. The predicted octanol–water partition coefficient (Wildman–Crippen LogP) is 2.11. The van der Waals surface area contributed by atoms with Crippen molar-refractivity contribution >= 4 is 17.7 Å². The SMILES string of the molecule is COC(=O)Cc1cc2c(c(O)c1C(=O)OC)C(=O)c1ccccc1-2. The monoisotopic (exact) mass is 326 g/mol. The lowest BCUT2D eigenvalue weighted by molar-refractivity contribution is -0.139. The fourth-order valence-corrected chi connectivity index (χ4v) is 2.91. The van der Waals surface area contributed by atoms with Crippen molar-refractivity contribution < 1.29 is 29.0 Å². The van der Waals surface area contributed by atoms with Crippen LogP contribution in [0.15, 0.2) is 30.3 Å².